The maximum Gasteiger partial charge on any atom is 0.313 e. The lowest BCUT2D eigenvalue weighted by Crippen LogP contribution is -2.39. The van der Waals surface area contributed by atoms with E-state index in [1.165, 1.54) is 12.1 Å². The summed E-state index contributed by atoms with van der Waals surface area (Å²) in [6.07, 6.45) is 0. The van der Waals surface area contributed by atoms with Crippen molar-refractivity contribution in [2.75, 3.05) is 17.2 Å². The van der Waals surface area contributed by atoms with Gasteiger partial charge in [-0.05, 0) is 42.5 Å². The number of hydrogen-bond acceptors (Lipinski definition) is 3. The smallest absolute Gasteiger partial charge is 0.313 e. The third-order valence-electron chi connectivity index (χ3n) is 2.92. The number of halogens is 3. The summed E-state index contributed by atoms with van der Waals surface area (Å²) in [5, 5.41) is 7.83. The van der Waals surface area contributed by atoms with Crippen molar-refractivity contribution < 1.29 is 14.4 Å². The van der Waals surface area contributed by atoms with Crippen LogP contribution in [0.2, 0.25) is 10.0 Å². The Labute approximate surface area is 162 Å². The van der Waals surface area contributed by atoms with Crippen molar-refractivity contribution >= 4 is 68.2 Å². The average molecular weight is 445 g/mol. The minimum absolute atomic E-state index is 0.303. The van der Waals surface area contributed by atoms with Gasteiger partial charge in [-0.25, -0.2) is 0 Å². The second kappa shape index (κ2) is 8.84. The van der Waals surface area contributed by atoms with E-state index >= 15 is 0 Å². The van der Waals surface area contributed by atoms with Crippen LogP contribution in [0.3, 0.4) is 0 Å². The lowest BCUT2D eigenvalue weighted by Gasteiger charge is -2.09. The molecule has 0 saturated carbocycles. The molecular weight excluding hydrogens is 433 g/mol. The molecule has 0 atom stereocenters. The van der Waals surface area contributed by atoms with Crippen LogP contribution in [0.25, 0.3) is 0 Å². The second-order valence-corrected chi connectivity index (χ2v) is 6.58. The first-order valence-electron chi connectivity index (χ1n) is 6.95. The monoisotopic (exact) mass is 443 g/mol. The van der Waals surface area contributed by atoms with E-state index in [1.807, 2.05) is 0 Å². The first-order valence-corrected chi connectivity index (χ1v) is 8.49. The standard InChI is InChI=1S/C16H12BrCl2N3O3/c17-9-1-4-11(5-2-9)21-16(25)15(24)20-8-14(23)22-13-7-10(18)3-6-12(13)19/h1-7H,8H2,(H,20,24)(H,21,25)(H,22,23). The van der Waals surface area contributed by atoms with Crippen LogP contribution in [0.1, 0.15) is 0 Å². The van der Waals surface area contributed by atoms with Crippen LogP contribution in [0, 0.1) is 0 Å². The number of anilines is 2. The molecule has 2 aromatic rings. The van der Waals surface area contributed by atoms with Gasteiger partial charge < -0.3 is 16.0 Å². The Morgan fingerprint density at radius 3 is 2.28 bits per heavy atom. The minimum atomic E-state index is -0.935. The summed E-state index contributed by atoms with van der Waals surface area (Å²) >= 11 is 15.0. The summed E-state index contributed by atoms with van der Waals surface area (Å²) in [4.78, 5) is 35.3. The molecule has 0 aliphatic carbocycles. The molecular formula is C16H12BrCl2N3O3. The fourth-order valence-electron chi connectivity index (χ4n) is 1.75. The van der Waals surface area contributed by atoms with Crippen molar-refractivity contribution in [2.45, 2.75) is 0 Å². The summed E-state index contributed by atoms with van der Waals surface area (Å²) in [5.41, 5.74) is 0.770. The van der Waals surface area contributed by atoms with Crippen LogP contribution in [0.4, 0.5) is 11.4 Å². The van der Waals surface area contributed by atoms with E-state index in [0.29, 0.717) is 21.4 Å². The van der Waals surface area contributed by atoms with Crippen molar-refractivity contribution in [2.24, 2.45) is 0 Å². The minimum Gasteiger partial charge on any atom is -0.339 e. The highest BCUT2D eigenvalue weighted by atomic mass is 79.9. The van der Waals surface area contributed by atoms with Crippen LogP contribution >= 0.6 is 39.1 Å². The van der Waals surface area contributed by atoms with Gasteiger partial charge in [0.2, 0.25) is 5.91 Å². The topological polar surface area (TPSA) is 87.3 Å². The van der Waals surface area contributed by atoms with Crippen molar-refractivity contribution in [3.63, 3.8) is 0 Å². The fraction of sp³-hybridized carbons (Fsp3) is 0.0625. The molecule has 2 aromatic carbocycles. The van der Waals surface area contributed by atoms with Crippen molar-refractivity contribution in [1.82, 2.24) is 5.32 Å². The van der Waals surface area contributed by atoms with Gasteiger partial charge in [0.25, 0.3) is 0 Å². The van der Waals surface area contributed by atoms with Gasteiger partial charge in [0.05, 0.1) is 17.3 Å². The normalized spacial score (nSPS) is 10.0. The Morgan fingerprint density at radius 2 is 1.60 bits per heavy atom. The summed E-state index contributed by atoms with van der Waals surface area (Å²) in [6.45, 7) is -0.393. The van der Waals surface area contributed by atoms with Crippen molar-refractivity contribution in [1.29, 1.82) is 0 Å². The molecule has 6 nitrogen and oxygen atoms in total. The van der Waals surface area contributed by atoms with Crippen LogP contribution in [-0.4, -0.2) is 24.3 Å². The summed E-state index contributed by atoms with van der Waals surface area (Å²) in [5.74, 6) is -2.36. The number of carbonyl (C=O) groups excluding carboxylic acids is 3. The van der Waals surface area contributed by atoms with Crippen LogP contribution in [0.15, 0.2) is 46.9 Å². The highest BCUT2D eigenvalue weighted by Crippen LogP contribution is 2.25. The molecule has 2 rings (SSSR count). The lowest BCUT2D eigenvalue weighted by molar-refractivity contribution is -0.136. The molecule has 0 unspecified atom stereocenters. The molecule has 0 aliphatic heterocycles. The Morgan fingerprint density at radius 1 is 0.920 bits per heavy atom. The Hall–Kier alpha value is -2.09. The third kappa shape index (κ3) is 6.04. The average Bonchev–Trinajstić information content (AvgIpc) is 2.58. The van der Waals surface area contributed by atoms with E-state index in [1.54, 1.807) is 30.3 Å². The first-order chi connectivity index (χ1) is 11.8. The molecule has 0 fully saturated rings. The Balaban J connectivity index is 1.84. The lowest BCUT2D eigenvalue weighted by atomic mass is 10.3. The molecule has 0 bridgehead atoms. The van der Waals surface area contributed by atoms with Crippen LogP contribution in [-0.2, 0) is 14.4 Å². The van der Waals surface area contributed by atoms with E-state index in [0.717, 1.165) is 4.47 Å². The first kappa shape index (κ1) is 19.2. The van der Waals surface area contributed by atoms with E-state index < -0.39 is 24.3 Å². The van der Waals surface area contributed by atoms with Gasteiger partial charge in [-0.2, -0.15) is 0 Å². The molecule has 25 heavy (non-hydrogen) atoms. The zero-order chi connectivity index (χ0) is 18.4. The summed E-state index contributed by atoms with van der Waals surface area (Å²) in [6, 6.07) is 11.3. The van der Waals surface area contributed by atoms with Gasteiger partial charge in [0.1, 0.15) is 0 Å². The predicted octanol–water partition coefficient (Wildman–Crippen LogP) is 3.45. The Kier molecular flexibility index (Phi) is 6.81. The van der Waals surface area contributed by atoms with Gasteiger partial charge in [0.15, 0.2) is 0 Å². The van der Waals surface area contributed by atoms with Crippen molar-refractivity contribution in [3.8, 4) is 0 Å². The predicted molar refractivity (Wildman–Crippen MR) is 101 cm³/mol. The molecule has 130 valence electrons. The number of rotatable bonds is 4. The van der Waals surface area contributed by atoms with Crippen molar-refractivity contribution in [3.05, 3.63) is 57.0 Å². The van der Waals surface area contributed by atoms with Crippen LogP contribution in [0.5, 0.6) is 0 Å². The Bertz CT molecular complexity index is 813. The highest BCUT2D eigenvalue weighted by Gasteiger charge is 2.15. The molecule has 0 spiro atoms. The molecule has 9 heteroatoms. The number of carbonyl (C=O) groups is 3. The maximum absolute atomic E-state index is 11.8. The zero-order valence-electron chi connectivity index (χ0n) is 12.6. The molecule has 0 aromatic heterocycles. The number of benzene rings is 2. The third-order valence-corrected chi connectivity index (χ3v) is 4.01. The van der Waals surface area contributed by atoms with E-state index in [-0.39, 0.29) is 0 Å². The van der Waals surface area contributed by atoms with Gasteiger partial charge >= 0.3 is 11.8 Å². The molecule has 3 amide bonds. The molecule has 0 saturated heterocycles. The summed E-state index contributed by atoms with van der Waals surface area (Å²) in [7, 11) is 0. The summed E-state index contributed by atoms with van der Waals surface area (Å²) < 4.78 is 0.839. The number of amides is 3. The van der Waals surface area contributed by atoms with E-state index in [9.17, 15) is 14.4 Å². The fourth-order valence-corrected chi connectivity index (χ4v) is 2.35. The SMILES string of the molecule is O=C(CNC(=O)C(=O)Nc1ccc(Br)cc1)Nc1cc(Cl)ccc1Cl. The molecule has 0 radical (unpaired) electrons. The maximum atomic E-state index is 11.8. The van der Waals surface area contributed by atoms with E-state index in [4.69, 9.17) is 23.2 Å². The van der Waals surface area contributed by atoms with Gasteiger partial charge in [-0.1, -0.05) is 39.1 Å². The zero-order valence-corrected chi connectivity index (χ0v) is 15.7. The highest BCUT2D eigenvalue weighted by molar-refractivity contribution is 9.10. The molecule has 3 N–H and O–H groups in total. The second-order valence-electron chi connectivity index (χ2n) is 4.82. The largest absolute Gasteiger partial charge is 0.339 e. The van der Waals surface area contributed by atoms with Gasteiger partial charge in [0, 0.05) is 15.2 Å². The molecule has 0 heterocycles. The number of hydrogen-bond donors (Lipinski definition) is 3. The van der Waals surface area contributed by atoms with E-state index in [2.05, 4.69) is 31.9 Å². The quantitative estimate of drug-likeness (QED) is 0.631. The van der Waals surface area contributed by atoms with Crippen LogP contribution < -0.4 is 16.0 Å². The van der Waals surface area contributed by atoms with Gasteiger partial charge in [-0.15, -0.1) is 0 Å². The number of nitrogens with one attached hydrogen (secondary N) is 3. The van der Waals surface area contributed by atoms with Gasteiger partial charge in [-0.3, -0.25) is 14.4 Å². The molecule has 0 aliphatic rings.